The second-order valence-corrected chi connectivity index (χ2v) is 9.16. The summed E-state index contributed by atoms with van der Waals surface area (Å²) >= 11 is 1.67. The number of piperidine rings is 1. The van der Waals surface area contributed by atoms with Crippen molar-refractivity contribution in [2.24, 2.45) is 11.0 Å². The monoisotopic (exact) mass is 445 g/mol. The van der Waals surface area contributed by atoms with Gasteiger partial charge in [0.15, 0.2) is 4.96 Å². The van der Waals surface area contributed by atoms with Crippen LogP contribution in [0.15, 0.2) is 59.7 Å². The number of carbonyl (C=O) groups is 1. The highest BCUT2D eigenvalue weighted by Crippen LogP contribution is 2.32. The second kappa shape index (κ2) is 9.22. The lowest BCUT2D eigenvalue weighted by atomic mass is 9.98. The maximum absolute atomic E-state index is 13.2. The number of hydrazone groups is 1. The number of hydrogen-bond donors (Lipinski definition) is 1. The molecule has 0 radical (unpaired) electrons. The number of rotatable bonds is 6. The Labute approximate surface area is 191 Å². The minimum Gasteiger partial charge on any atom is -0.316 e. The van der Waals surface area contributed by atoms with E-state index in [0.29, 0.717) is 6.54 Å². The van der Waals surface area contributed by atoms with Crippen molar-refractivity contribution >= 4 is 38.6 Å². The van der Waals surface area contributed by atoms with Crippen molar-refractivity contribution in [2.75, 3.05) is 19.6 Å². The fraction of sp³-hybridized carbons (Fsp3) is 0.320. The molecule has 32 heavy (non-hydrogen) atoms. The number of fused-ring (bicyclic) bond motifs is 3. The SMILES string of the molecule is CCCN(N=Cc1c(-c2ccccc2)nc2sc3ccccc3n12)C(=O)C1CCCNC1. The van der Waals surface area contributed by atoms with E-state index in [1.165, 1.54) is 4.70 Å². The Bertz CT molecular complexity index is 1250. The van der Waals surface area contributed by atoms with Crippen LogP contribution in [0.25, 0.3) is 26.4 Å². The Balaban J connectivity index is 1.59. The molecule has 0 aliphatic carbocycles. The number of carbonyl (C=O) groups excluding carboxylic acids is 1. The van der Waals surface area contributed by atoms with Crippen LogP contribution in [0.2, 0.25) is 0 Å². The van der Waals surface area contributed by atoms with Crippen LogP contribution in [-0.4, -0.2) is 46.1 Å². The van der Waals surface area contributed by atoms with Gasteiger partial charge in [-0.05, 0) is 37.9 Å². The molecule has 2 aromatic heterocycles. The van der Waals surface area contributed by atoms with Crippen molar-refractivity contribution < 1.29 is 4.79 Å². The first-order valence-corrected chi connectivity index (χ1v) is 12.1. The van der Waals surface area contributed by atoms with E-state index in [1.807, 2.05) is 36.5 Å². The van der Waals surface area contributed by atoms with Gasteiger partial charge in [0, 0.05) is 18.7 Å². The molecule has 1 fully saturated rings. The van der Waals surface area contributed by atoms with E-state index < -0.39 is 0 Å². The van der Waals surface area contributed by atoms with Gasteiger partial charge in [-0.2, -0.15) is 5.10 Å². The van der Waals surface area contributed by atoms with Gasteiger partial charge in [0.25, 0.3) is 0 Å². The molecule has 3 heterocycles. The zero-order valence-electron chi connectivity index (χ0n) is 18.2. The molecule has 2 aromatic carbocycles. The number of thiazole rings is 1. The van der Waals surface area contributed by atoms with Crippen LogP contribution >= 0.6 is 11.3 Å². The molecule has 1 unspecified atom stereocenters. The van der Waals surface area contributed by atoms with E-state index in [1.54, 1.807) is 16.3 Å². The molecule has 0 spiro atoms. The van der Waals surface area contributed by atoms with E-state index in [2.05, 4.69) is 40.9 Å². The summed E-state index contributed by atoms with van der Waals surface area (Å²) in [6, 6.07) is 18.5. The van der Waals surface area contributed by atoms with Gasteiger partial charge in [0.1, 0.15) is 0 Å². The van der Waals surface area contributed by atoms with E-state index in [9.17, 15) is 4.79 Å². The van der Waals surface area contributed by atoms with Gasteiger partial charge in [0.05, 0.1) is 33.7 Å². The van der Waals surface area contributed by atoms with E-state index >= 15 is 0 Å². The lowest BCUT2D eigenvalue weighted by Crippen LogP contribution is -2.41. The summed E-state index contributed by atoms with van der Waals surface area (Å²) in [6.07, 6.45) is 4.63. The molecule has 4 aromatic rings. The van der Waals surface area contributed by atoms with Gasteiger partial charge >= 0.3 is 0 Å². The van der Waals surface area contributed by atoms with Crippen LogP contribution in [-0.2, 0) is 4.79 Å². The Kier molecular flexibility index (Phi) is 6.01. The largest absolute Gasteiger partial charge is 0.316 e. The highest BCUT2D eigenvalue weighted by Gasteiger charge is 2.26. The number of para-hydroxylation sites is 1. The predicted octanol–water partition coefficient (Wildman–Crippen LogP) is 4.79. The number of aromatic nitrogens is 2. The van der Waals surface area contributed by atoms with Crippen molar-refractivity contribution in [1.29, 1.82) is 0 Å². The molecule has 1 aliphatic heterocycles. The summed E-state index contributed by atoms with van der Waals surface area (Å²) in [6.45, 7) is 4.41. The van der Waals surface area contributed by atoms with Crippen molar-refractivity contribution in [1.82, 2.24) is 19.7 Å². The molecule has 1 aliphatic rings. The normalized spacial score (nSPS) is 16.8. The number of nitrogens with one attached hydrogen (secondary N) is 1. The van der Waals surface area contributed by atoms with Gasteiger partial charge in [-0.25, -0.2) is 9.99 Å². The van der Waals surface area contributed by atoms with Crippen LogP contribution < -0.4 is 5.32 Å². The quantitative estimate of drug-likeness (QED) is 0.343. The molecular formula is C25H27N5OS. The third kappa shape index (κ3) is 3.94. The number of hydrogen-bond acceptors (Lipinski definition) is 5. The molecule has 0 bridgehead atoms. The summed E-state index contributed by atoms with van der Waals surface area (Å²) in [5, 5.41) is 9.72. The van der Waals surface area contributed by atoms with Gasteiger partial charge < -0.3 is 5.32 Å². The Morgan fingerprint density at radius 2 is 2.06 bits per heavy atom. The van der Waals surface area contributed by atoms with Gasteiger partial charge in [-0.1, -0.05) is 60.7 Å². The zero-order valence-corrected chi connectivity index (χ0v) is 19.0. The standard InChI is InChI=1S/C25H27N5OS/c1-2-15-29(24(31)19-11-8-14-26-16-19)27-17-21-23(18-9-4-3-5-10-18)28-25-30(21)20-12-6-7-13-22(20)32-25/h3-7,9-10,12-13,17,19,26H,2,8,11,14-16H2,1H3. The van der Waals surface area contributed by atoms with Crippen LogP contribution in [0.5, 0.6) is 0 Å². The lowest BCUT2D eigenvalue weighted by molar-refractivity contribution is -0.136. The predicted molar refractivity (Wildman–Crippen MR) is 131 cm³/mol. The fourth-order valence-corrected chi connectivity index (χ4v) is 5.33. The van der Waals surface area contributed by atoms with Crippen molar-refractivity contribution in [3.05, 3.63) is 60.3 Å². The second-order valence-electron chi connectivity index (χ2n) is 8.15. The van der Waals surface area contributed by atoms with Crippen molar-refractivity contribution in [3.8, 4) is 11.3 Å². The third-order valence-corrected chi connectivity index (χ3v) is 6.91. The molecule has 0 saturated carbocycles. The lowest BCUT2D eigenvalue weighted by Gasteiger charge is -2.26. The summed E-state index contributed by atoms with van der Waals surface area (Å²) in [7, 11) is 0. The van der Waals surface area contributed by atoms with Crippen molar-refractivity contribution in [2.45, 2.75) is 26.2 Å². The Morgan fingerprint density at radius 3 is 2.84 bits per heavy atom. The first kappa shape index (κ1) is 20.8. The van der Waals surface area contributed by atoms with Crippen LogP contribution in [0.4, 0.5) is 0 Å². The third-order valence-electron chi connectivity index (χ3n) is 5.89. The average Bonchev–Trinajstić information content (AvgIpc) is 3.39. The molecule has 7 heteroatoms. The number of benzene rings is 2. The fourth-order valence-electron chi connectivity index (χ4n) is 4.30. The summed E-state index contributed by atoms with van der Waals surface area (Å²) in [5.74, 6) is 0.0981. The highest BCUT2D eigenvalue weighted by molar-refractivity contribution is 7.23. The van der Waals surface area contributed by atoms with Crippen molar-refractivity contribution in [3.63, 3.8) is 0 Å². The molecule has 6 nitrogen and oxygen atoms in total. The first-order valence-electron chi connectivity index (χ1n) is 11.3. The van der Waals surface area contributed by atoms with Crippen LogP contribution in [0.1, 0.15) is 31.9 Å². The Morgan fingerprint density at radius 1 is 1.25 bits per heavy atom. The molecular weight excluding hydrogens is 418 g/mol. The zero-order chi connectivity index (χ0) is 21.9. The van der Waals surface area contributed by atoms with Crippen LogP contribution in [0, 0.1) is 5.92 Å². The maximum Gasteiger partial charge on any atom is 0.247 e. The minimum atomic E-state index is -0.00604. The smallest absolute Gasteiger partial charge is 0.247 e. The van der Waals surface area contributed by atoms with Gasteiger partial charge in [-0.15, -0.1) is 0 Å². The number of imidazole rings is 1. The summed E-state index contributed by atoms with van der Waals surface area (Å²) < 4.78 is 3.34. The van der Waals surface area contributed by atoms with Gasteiger partial charge in [-0.3, -0.25) is 9.20 Å². The average molecular weight is 446 g/mol. The first-order chi connectivity index (χ1) is 15.8. The maximum atomic E-state index is 13.2. The van der Waals surface area contributed by atoms with E-state index in [4.69, 9.17) is 10.1 Å². The summed E-state index contributed by atoms with van der Waals surface area (Å²) in [4.78, 5) is 19.1. The highest BCUT2D eigenvalue weighted by atomic mass is 32.1. The Hall–Kier alpha value is -3.03. The molecule has 5 rings (SSSR count). The van der Waals surface area contributed by atoms with E-state index in [0.717, 1.165) is 59.8 Å². The van der Waals surface area contributed by atoms with E-state index in [-0.39, 0.29) is 11.8 Å². The molecule has 1 amide bonds. The molecule has 164 valence electrons. The van der Waals surface area contributed by atoms with Crippen LogP contribution in [0.3, 0.4) is 0 Å². The number of nitrogens with zero attached hydrogens (tertiary/aromatic N) is 4. The molecule has 1 N–H and O–H groups in total. The minimum absolute atomic E-state index is 0.00604. The molecule has 1 atom stereocenters. The molecule has 1 saturated heterocycles. The van der Waals surface area contributed by atoms with Gasteiger partial charge in [0.2, 0.25) is 5.91 Å². The number of amides is 1. The topological polar surface area (TPSA) is 62.0 Å². The summed E-state index contributed by atoms with van der Waals surface area (Å²) in [5.41, 5.74) is 3.93.